The van der Waals surface area contributed by atoms with Crippen LogP contribution in [0.5, 0.6) is 23.0 Å². The lowest BCUT2D eigenvalue weighted by Gasteiger charge is -2.29. The second-order valence-electron chi connectivity index (χ2n) is 8.12. The zero-order chi connectivity index (χ0) is 22.2. The summed E-state index contributed by atoms with van der Waals surface area (Å²) in [4.78, 5) is 13.2. The Hall–Kier alpha value is -3.73. The summed E-state index contributed by atoms with van der Waals surface area (Å²) in [5.41, 5.74) is 4.50. The fraction of sp³-hybridized carbons (Fsp3) is 0.222. The highest BCUT2D eigenvalue weighted by Crippen LogP contribution is 2.48. The number of rotatable bonds is 4. The van der Waals surface area contributed by atoms with Gasteiger partial charge in [0.15, 0.2) is 17.3 Å². The Balaban J connectivity index is 1.58. The Morgan fingerprint density at radius 1 is 0.938 bits per heavy atom. The topological polar surface area (TPSA) is 54.0 Å². The van der Waals surface area contributed by atoms with Crippen LogP contribution in [0.3, 0.4) is 0 Å². The summed E-state index contributed by atoms with van der Waals surface area (Å²) in [5, 5.41) is 0. The maximum Gasteiger partial charge on any atom is 0.231 e. The van der Waals surface area contributed by atoms with Gasteiger partial charge in [-0.3, -0.25) is 4.79 Å². The molecule has 0 saturated heterocycles. The number of methoxy groups -OCH3 is 1. The SMILES string of the molecule is COc1ccc([C@@H]2C/C(=C(\C)C(=O)c3ccc(C)cc3)Oc3cc4c(cc32)OCO4)cc1. The van der Waals surface area contributed by atoms with E-state index in [1.54, 1.807) is 7.11 Å². The van der Waals surface area contributed by atoms with Gasteiger partial charge in [0.2, 0.25) is 6.79 Å². The zero-order valence-corrected chi connectivity index (χ0v) is 18.3. The smallest absolute Gasteiger partial charge is 0.231 e. The third kappa shape index (κ3) is 3.60. The number of carbonyl (C=O) groups excluding carboxylic acids is 1. The van der Waals surface area contributed by atoms with Crippen molar-refractivity contribution in [3.8, 4) is 23.0 Å². The van der Waals surface area contributed by atoms with Gasteiger partial charge in [-0.15, -0.1) is 0 Å². The van der Waals surface area contributed by atoms with E-state index in [9.17, 15) is 4.79 Å². The molecule has 2 heterocycles. The van der Waals surface area contributed by atoms with Gasteiger partial charge < -0.3 is 18.9 Å². The van der Waals surface area contributed by atoms with Crippen LogP contribution in [0.2, 0.25) is 0 Å². The molecule has 0 N–H and O–H groups in total. The molecule has 32 heavy (non-hydrogen) atoms. The molecule has 0 aromatic heterocycles. The van der Waals surface area contributed by atoms with Crippen LogP contribution in [-0.2, 0) is 0 Å². The van der Waals surface area contributed by atoms with E-state index in [1.165, 1.54) is 0 Å². The zero-order valence-electron chi connectivity index (χ0n) is 18.3. The van der Waals surface area contributed by atoms with Crippen molar-refractivity contribution < 1.29 is 23.7 Å². The summed E-state index contributed by atoms with van der Waals surface area (Å²) in [5.74, 6) is 3.50. The molecule has 0 unspecified atom stereocenters. The summed E-state index contributed by atoms with van der Waals surface area (Å²) in [6, 6.07) is 19.5. The van der Waals surface area contributed by atoms with E-state index < -0.39 is 0 Å². The molecular formula is C27H24O5. The molecule has 5 rings (SSSR count). The number of allylic oxidation sites excluding steroid dienone is 2. The molecule has 0 spiro atoms. The van der Waals surface area contributed by atoms with Crippen molar-refractivity contribution in [2.75, 3.05) is 13.9 Å². The maximum absolute atomic E-state index is 13.2. The number of ether oxygens (including phenoxy) is 4. The van der Waals surface area contributed by atoms with E-state index in [0.717, 1.165) is 22.4 Å². The minimum absolute atomic E-state index is 0.00919. The van der Waals surface area contributed by atoms with Crippen LogP contribution < -0.4 is 18.9 Å². The molecule has 162 valence electrons. The molecule has 1 atom stereocenters. The van der Waals surface area contributed by atoms with Gasteiger partial charge in [0.1, 0.15) is 17.3 Å². The first kappa shape index (κ1) is 20.2. The van der Waals surface area contributed by atoms with Gasteiger partial charge in [0.05, 0.1) is 7.11 Å². The quantitative estimate of drug-likeness (QED) is 0.388. The number of hydrogen-bond acceptors (Lipinski definition) is 5. The first-order valence-corrected chi connectivity index (χ1v) is 10.6. The van der Waals surface area contributed by atoms with Gasteiger partial charge in [-0.25, -0.2) is 0 Å². The minimum Gasteiger partial charge on any atom is -0.497 e. The molecule has 0 amide bonds. The fourth-order valence-electron chi connectivity index (χ4n) is 4.18. The normalized spacial score (nSPS) is 17.9. The van der Waals surface area contributed by atoms with Gasteiger partial charge in [-0.2, -0.15) is 0 Å². The molecule has 3 aromatic carbocycles. The summed E-state index contributed by atoms with van der Waals surface area (Å²) in [7, 11) is 1.65. The monoisotopic (exact) mass is 428 g/mol. The third-order valence-corrected chi connectivity index (χ3v) is 6.09. The number of Topliss-reactive ketones (excluding diaryl/α,β-unsaturated/α-hetero) is 1. The van der Waals surface area contributed by atoms with Crippen LogP contribution in [0.25, 0.3) is 0 Å². The van der Waals surface area contributed by atoms with E-state index in [0.29, 0.717) is 40.6 Å². The second-order valence-corrected chi connectivity index (χ2v) is 8.12. The Morgan fingerprint density at radius 2 is 1.62 bits per heavy atom. The number of hydrogen-bond donors (Lipinski definition) is 0. The number of benzene rings is 3. The number of ketones is 1. The highest BCUT2D eigenvalue weighted by atomic mass is 16.7. The summed E-state index contributed by atoms with van der Waals surface area (Å²) >= 11 is 0. The van der Waals surface area contributed by atoms with Crippen LogP contribution in [0.15, 0.2) is 72.0 Å². The molecule has 2 aliphatic rings. The van der Waals surface area contributed by atoms with Crippen molar-refractivity contribution in [3.05, 3.63) is 94.2 Å². The molecule has 2 aliphatic heterocycles. The van der Waals surface area contributed by atoms with E-state index in [1.807, 2.05) is 62.4 Å². The largest absolute Gasteiger partial charge is 0.497 e. The standard InChI is InChI=1S/C27H24O5/c1-16-4-6-19(7-5-16)27(28)17(2)23-12-21(18-8-10-20(29-3)11-9-18)22-13-25-26(31-15-30-25)14-24(22)32-23/h4-11,13-14,21H,12,15H2,1-3H3/b23-17-/t21-/m0/s1. The van der Waals surface area contributed by atoms with Crippen LogP contribution in [-0.4, -0.2) is 19.7 Å². The molecule has 5 nitrogen and oxygen atoms in total. The highest BCUT2D eigenvalue weighted by molar-refractivity contribution is 6.08. The van der Waals surface area contributed by atoms with Gasteiger partial charge in [-0.05, 0) is 37.6 Å². The Bertz CT molecular complexity index is 1210. The number of fused-ring (bicyclic) bond motifs is 2. The molecule has 0 fully saturated rings. The Labute approximate surface area is 187 Å². The van der Waals surface area contributed by atoms with Gasteiger partial charge in [0.25, 0.3) is 0 Å². The summed E-state index contributed by atoms with van der Waals surface area (Å²) in [6.07, 6.45) is 0.572. The molecule has 5 heteroatoms. The highest BCUT2D eigenvalue weighted by Gasteiger charge is 2.32. The lowest BCUT2D eigenvalue weighted by atomic mass is 9.84. The predicted octanol–water partition coefficient (Wildman–Crippen LogP) is 5.80. The lowest BCUT2D eigenvalue weighted by Crippen LogP contribution is -2.17. The molecule has 3 aromatic rings. The van der Waals surface area contributed by atoms with Crippen molar-refractivity contribution in [1.82, 2.24) is 0 Å². The summed E-state index contributed by atoms with van der Waals surface area (Å²) in [6.45, 7) is 4.03. The molecular weight excluding hydrogens is 404 g/mol. The van der Waals surface area contributed by atoms with Crippen molar-refractivity contribution in [1.29, 1.82) is 0 Å². The van der Waals surface area contributed by atoms with E-state index in [-0.39, 0.29) is 18.5 Å². The lowest BCUT2D eigenvalue weighted by molar-refractivity contribution is 0.102. The minimum atomic E-state index is -0.0299. The fourth-order valence-corrected chi connectivity index (χ4v) is 4.18. The third-order valence-electron chi connectivity index (χ3n) is 6.09. The van der Waals surface area contributed by atoms with Crippen molar-refractivity contribution in [3.63, 3.8) is 0 Å². The second kappa shape index (κ2) is 8.08. The average Bonchev–Trinajstić information content (AvgIpc) is 3.29. The summed E-state index contributed by atoms with van der Waals surface area (Å²) < 4.78 is 22.8. The average molecular weight is 428 g/mol. The Morgan fingerprint density at radius 3 is 2.31 bits per heavy atom. The van der Waals surface area contributed by atoms with Crippen LogP contribution in [0, 0.1) is 6.92 Å². The van der Waals surface area contributed by atoms with E-state index in [4.69, 9.17) is 18.9 Å². The predicted molar refractivity (Wildman–Crippen MR) is 121 cm³/mol. The number of aryl methyl sites for hydroxylation is 1. The molecule has 0 aliphatic carbocycles. The Kier molecular flexibility index (Phi) is 5.10. The van der Waals surface area contributed by atoms with E-state index in [2.05, 4.69) is 12.1 Å². The number of carbonyl (C=O) groups is 1. The van der Waals surface area contributed by atoms with Crippen molar-refractivity contribution in [2.45, 2.75) is 26.2 Å². The van der Waals surface area contributed by atoms with Crippen LogP contribution >= 0.6 is 0 Å². The van der Waals surface area contributed by atoms with Crippen molar-refractivity contribution in [2.24, 2.45) is 0 Å². The van der Waals surface area contributed by atoms with Crippen LogP contribution in [0.1, 0.15) is 46.3 Å². The van der Waals surface area contributed by atoms with Gasteiger partial charge in [-0.1, -0.05) is 42.0 Å². The molecule has 0 bridgehead atoms. The van der Waals surface area contributed by atoms with Crippen LogP contribution in [0.4, 0.5) is 0 Å². The molecule has 0 saturated carbocycles. The molecule has 0 radical (unpaired) electrons. The van der Waals surface area contributed by atoms with Crippen molar-refractivity contribution >= 4 is 5.78 Å². The van der Waals surface area contributed by atoms with Gasteiger partial charge >= 0.3 is 0 Å². The van der Waals surface area contributed by atoms with Gasteiger partial charge in [0, 0.05) is 35.1 Å². The first-order chi connectivity index (χ1) is 15.5. The first-order valence-electron chi connectivity index (χ1n) is 10.6. The van der Waals surface area contributed by atoms with E-state index >= 15 is 0 Å². The maximum atomic E-state index is 13.2.